The second-order valence-electron chi connectivity index (χ2n) is 3.79. The van der Waals surface area contributed by atoms with Gasteiger partial charge in [0.15, 0.2) is 0 Å². The van der Waals surface area contributed by atoms with E-state index < -0.39 is 0 Å². The highest BCUT2D eigenvalue weighted by Gasteiger charge is 2.32. The molecule has 0 saturated carbocycles. The number of morpholine rings is 1. The smallest absolute Gasteiger partial charge is 0.134 e. The van der Waals surface area contributed by atoms with Crippen LogP contribution in [0.25, 0.3) is 0 Å². The number of nitrogens with zero attached hydrogens (tertiary/aromatic N) is 1. The lowest BCUT2D eigenvalue weighted by molar-refractivity contribution is -0.120. The zero-order valence-electron chi connectivity index (χ0n) is 7.45. The van der Waals surface area contributed by atoms with Gasteiger partial charge in [-0.25, -0.2) is 0 Å². The fourth-order valence-corrected chi connectivity index (χ4v) is 2.06. The van der Waals surface area contributed by atoms with Gasteiger partial charge in [-0.2, -0.15) is 0 Å². The lowest BCUT2D eigenvalue weighted by atomic mass is 10.1. The summed E-state index contributed by atoms with van der Waals surface area (Å²) < 4.78 is 5.44. The van der Waals surface area contributed by atoms with Crippen LogP contribution in [-0.2, 0) is 9.53 Å². The van der Waals surface area contributed by atoms with Crippen LogP contribution in [0.2, 0.25) is 0 Å². The van der Waals surface area contributed by atoms with Gasteiger partial charge in [0.1, 0.15) is 5.78 Å². The van der Waals surface area contributed by atoms with Crippen LogP contribution < -0.4 is 0 Å². The number of carbonyl (C=O) groups is 1. The summed E-state index contributed by atoms with van der Waals surface area (Å²) in [5.41, 5.74) is 0. The molecule has 12 heavy (non-hydrogen) atoms. The minimum Gasteiger partial charge on any atom is -0.378 e. The molecule has 2 unspecified atom stereocenters. The van der Waals surface area contributed by atoms with Crippen molar-refractivity contribution in [1.82, 2.24) is 4.90 Å². The number of ether oxygens (including phenoxy) is 1. The van der Waals surface area contributed by atoms with Gasteiger partial charge >= 0.3 is 0 Å². The van der Waals surface area contributed by atoms with E-state index in [4.69, 9.17) is 4.74 Å². The summed E-state index contributed by atoms with van der Waals surface area (Å²) in [6.45, 7) is 1.54. The SMILES string of the molecule is CN1C2CCC(=O)CC1COC2. The molecule has 0 aromatic heterocycles. The average Bonchev–Trinajstić information content (AvgIpc) is 2.17. The van der Waals surface area contributed by atoms with Gasteiger partial charge in [-0.1, -0.05) is 0 Å². The van der Waals surface area contributed by atoms with Crippen molar-refractivity contribution in [2.24, 2.45) is 0 Å². The third-order valence-corrected chi connectivity index (χ3v) is 2.99. The third kappa shape index (κ3) is 1.39. The molecule has 2 heterocycles. The Bertz CT molecular complexity index is 193. The second-order valence-corrected chi connectivity index (χ2v) is 3.79. The number of hydrogen-bond donors (Lipinski definition) is 0. The lowest BCUT2D eigenvalue weighted by Crippen LogP contribution is -2.48. The molecule has 0 aliphatic carbocycles. The fourth-order valence-electron chi connectivity index (χ4n) is 2.06. The van der Waals surface area contributed by atoms with Gasteiger partial charge < -0.3 is 4.74 Å². The van der Waals surface area contributed by atoms with Crippen LogP contribution in [0.15, 0.2) is 0 Å². The molecular formula is C9H15NO2. The molecule has 3 nitrogen and oxygen atoms in total. The average molecular weight is 169 g/mol. The highest BCUT2D eigenvalue weighted by atomic mass is 16.5. The Labute approximate surface area is 72.7 Å². The van der Waals surface area contributed by atoms with Crippen LogP contribution in [0.3, 0.4) is 0 Å². The van der Waals surface area contributed by atoms with Crippen LogP contribution >= 0.6 is 0 Å². The topological polar surface area (TPSA) is 29.5 Å². The zero-order chi connectivity index (χ0) is 8.55. The minimum atomic E-state index is 0.346. The Hall–Kier alpha value is -0.410. The van der Waals surface area contributed by atoms with Crippen molar-refractivity contribution in [3.8, 4) is 0 Å². The molecule has 2 atom stereocenters. The highest BCUT2D eigenvalue weighted by molar-refractivity contribution is 5.79. The maximum absolute atomic E-state index is 11.3. The van der Waals surface area contributed by atoms with E-state index in [0.29, 0.717) is 24.3 Å². The Kier molecular flexibility index (Phi) is 2.15. The number of Topliss-reactive ketones (excluding diaryl/α,β-unsaturated/α-hetero) is 1. The molecule has 2 aliphatic rings. The molecule has 2 saturated heterocycles. The minimum absolute atomic E-state index is 0.346. The quantitative estimate of drug-likeness (QED) is 0.527. The Morgan fingerprint density at radius 2 is 2.17 bits per heavy atom. The van der Waals surface area contributed by atoms with Crippen molar-refractivity contribution >= 4 is 5.78 Å². The molecular weight excluding hydrogens is 154 g/mol. The fraction of sp³-hybridized carbons (Fsp3) is 0.889. The van der Waals surface area contributed by atoms with E-state index in [1.54, 1.807) is 0 Å². The van der Waals surface area contributed by atoms with E-state index in [1.807, 2.05) is 0 Å². The van der Waals surface area contributed by atoms with E-state index in [-0.39, 0.29) is 0 Å². The van der Waals surface area contributed by atoms with Gasteiger partial charge in [-0.05, 0) is 13.5 Å². The predicted octanol–water partition coefficient (Wildman–Crippen LogP) is 0.439. The van der Waals surface area contributed by atoms with Gasteiger partial charge in [0.05, 0.1) is 13.2 Å². The van der Waals surface area contributed by atoms with Crippen molar-refractivity contribution in [3.05, 3.63) is 0 Å². The number of rotatable bonds is 0. The zero-order valence-corrected chi connectivity index (χ0v) is 7.45. The molecule has 2 rings (SSSR count). The van der Waals surface area contributed by atoms with Crippen molar-refractivity contribution in [2.45, 2.75) is 31.3 Å². The van der Waals surface area contributed by atoms with E-state index in [2.05, 4.69) is 11.9 Å². The van der Waals surface area contributed by atoms with Crippen LogP contribution in [0.5, 0.6) is 0 Å². The lowest BCUT2D eigenvalue weighted by Gasteiger charge is -2.36. The van der Waals surface area contributed by atoms with Gasteiger partial charge in [-0.3, -0.25) is 9.69 Å². The first-order valence-electron chi connectivity index (χ1n) is 4.59. The monoisotopic (exact) mass is 169 g/mol. The van der Waals surface area contributed by atoms with Crippen molar-refractivity contribution in [3.63, 3.8) is 0 Å². The second kappa shape index (κ2) is 3.15. The normalized spacial score (nSPS) is 37.9. The van der Waals surface area contributed by atoms with Gasteiger partial charge in [0.25, 0.3) is 0 Å². The van der Waals surface area contributed by atoms with E-state index in [0.717, 1.165) is 26.1 Å². The maximum Gasteiger partial charge on any atom is 0.134 e. The molecule has 0 amide bonds. The number of carbonyl (C=O) groups excluding carboxylic acids is 1. The molecule has 68 valence electrons. The molecule has 0 aromatic carbocycles. The highest BCUT2D eigenvalue weighted by Crippen LogP contribution is 2.22. The number of hydrogen-bond acceptors (Lipinski definition) is 3. The number of likely N-dealkylation sites (N-methyl/N-ethyl adjacent to an activating group) is 1. The van der Waals surface area contributed by atoms with E-state index in [9.17, 15) is 4.79 Å². The summed E-state index contributed by atoms with van der Waals surface area (Å²) in [5, 5.41) is 0. The molecule has 3 heteroatoms. The van der Waals surface area contributed by atoms with Gasteiger partial charge in [0, 0.05) is 24.9 Å². The molecule has 0 N–H and O–H groups in total. The third-order valence-electron chi connectivity index (χ3n) is 2.99. The molecule has 2 aliphatic heterocycles. The first-order chi connectivity index (χ1) is 5.77. The summed E-state index contributed by atoms with van der Waals surface area (Å²) in [6.07, 6.45) is 2.41. The molecule has 2 fully saturated rings. The summed E-state index contributed by atoms with van der Waals surface area (Å²) in [5.74, 6) is 0.403. The molecule has 2 bridgehead atoms. The van der Waals surface area contributed by atoms with Crippen molar-refractivity contribution in [2.75, 3.05) is 20.3 Å². The standard InChI is InChI=1S/C9H15NO2/c1-10-7-2-3-9(11)4-8(10)6-12-5-7/h7-8H,2-6H2,1H3. The summed E-state index contributed by atoms with van der Waals surface area (Å²) in [6, 6.07) is 0.828. The molecule has 0 aromatic rings. The Morgan fingerprint density at radius 3 is 3.00 bits per heavy atom. The number of fused-ring (bicyclic) bond motifs is 2. The maximum atomic E-state index is 11.3. The van der Waals surface area contributed by atoms with Crippen molar-refractivity contribution in [1.29, 1.82) is 0 Å². The largest absolute Gasteiger partial charge is 0.378 e. The Balaban J connectivity index is 2.13. The number of ketones is 1. The van der Waals surface area contributed by atoms with Gasteiger partial charge in [-0.15, -0.1) is 0 Å². The first-order valence-corrected chi connectivity index (χ1v) is 4.59. The van der Waals surface area contributed by atoms with E-state index >= 15 is 0 Å². The van der Waals surface area contributed by atoms with Crippen LogP contribution in [0.1, 0.15) is 19.3 Å². The first kappa shape index (κ1) is 8.20. The predicted molar refractivity (Wildman–Crippen MR) is 45.0 cm³/mol. The Morgan fingerprint density at radius 1 is 1.42 bits per heavy atom. The van der Waals surface area contributed by atoms with Gasteiger partial charge in [0.2, 0.25) is 0 Å². The van der Waals surface area contributed by atoms with Crippen LogP contribution in [-0.4, -0.2) is 43.0 Å². The molecule has 0 spiro atoms. The van der Waals surface area contributed by atoms with Crippen molar-refractivity contribution < 1.29 is 9.53 Å². The van der Waals surface area contributed by atoms with Crippen LogP contribution in [0.4, 0.5) is 0 Å². The summed E-state index contributed by atoms with van der Waals surface area (Å²) in [7, 11) is 2.11. The van der Waals surface area contributed by atoms with Crippen LogP contribution in [0, 0.1) is 0 Å². The summed E-state index contributed by atoms with van der Waals surface area (Å²) in [4.78, 5) is 13.6. The van der Waals surface area contributed by atoms with E-state index in [1.165, 1.54) is 0 Å². The molecule has 0 radical (unpaired) electrons. The summed E-state index contributed by atoms with van der Waals surface area (Å²) >= 11 is 0.